The van der Waals surface area contributed by atoms with Crippen LogP contribution in [-0.2, 0) is 4.74 Å². The summed E-state index contributed by atoms with van der Waals surface area (Å²) >= 11 is 0. The normalized spacial score (nSPS) is 33.9. The van der Waals surface area contributed by atoms with Gasteiger partial charge in [0.15, 0.2) is 0 Å². The zero-order valence-electron chi connectivity index (χ0n) is 9.13. The predicted molar refractivity (Wildman–Crippen MR) is 54.6 cm³/mol. The summed E-state index contributed by atoms with van der Waals surface area (Å²) in [5.74, 6) is 0. The average Bonchev–Trinajstić information content (AvgIpc) is 2.02. The molecule has 1 fully saturated rings. The van der Waals surface area contributed by atoms with Crippen LogP contribution < -0.4 is 11.1 Å². The molecule has 0 radical (unpaired) electrons. The summed E-state index contributed by atoms with van der Waals surface area (Å²) in [6, 6.07) is 0.792. The number of hydrogen-bond donors (Lipinski definition) is 2. The first-order valence-electron chi connectivity index (χ1n) is 5.00. The zero-order valence-corrected chi connectivity index (χ0v) is 9.13. The summed E-state index contributed by atoms with van der Waals surface area (Å²) in [6.45, 7) is 7.39. The van der Waals surface area contributed by atoms with Gasteiger partial charge in [0.2, 0.25) is 0 Å². The van der Waals surface area contributed by atoms with E-state index in [1.54, 1.807) is 7.11 Å². The van der Waals surface area contributed by atoms with E-state index in [2.05, 4.69) is 19.2 Å². The fourth-order valence-electron chi connectivity index (χ4n) is 1.96. The topological polar surface area (TPSA) is 47.3 Å². The van der Waals surface area contributed by atoms with Gasteiger partial charge in [-0.3, -0.25) is 0 Å². The molecule has 0 bridgehead atoms. The number of ether oxygens (including phenoxy) is 1. The lowest BCUT2D eigenvalue weighted by Gasteiger charge is -2.51. The van der Waals surface area contributed by atoms with Crippen molar-refractivity contribution in [3.05, 3.63) is 0 Å². The van der Waals surface area contributed by atoms with Crippen molar-refractivity contribution in [3.8, 4) is 0 Å². The number of hydrogen-bond acceptors (Lipinski definition) is 3. The Hall–Kier alpha value is -0.120. The van der Waals surface area contributed by atoms with E-state index in [0.717, 1.165) is 13.0 Å². The van der Waals surface area contributed by atoms with Crippen LogP contribution in [0, 0.1) is 5.41 Å². The molecule has 3 atom stereocenters. The summed E-state index contributed by atoms with van der Waals surface area (Å²) in [7, 11) is 1.79. The molecule has 1 aliphatic rings. The highest BCUT2D eigenvalue weighted by atomic mass is 16.5. The SMILES string of the molecule is COC1CC(NCC(C)N)C1(C)C. The van der Waals surface area contributed by atoms with Crippen molar-refractivity contribution in [1.29, 1.82) is 0 Å². The standard InChI is InChI=1S/C10H22N2O/c1-7(11)6-12-8-5-9(13-4)10(8,2)3/h7-9,12H,5-6,11H2,1-4H3. The van der Waals surface area contributed by atoms with Crippen LogP contribution in [0.1, 0.15) is 27.2 Å². The predicted octanol–water partition coefficient (Wildman–Crippen LogP) is 0.737. The van der Waals surface area contributed by atoms with Crippen LogP contribution in [0.4, 0.5) is 0 Å². The van der Waals surface area contributed by atoms with Gasteiger partial charge in [-0.15, -0.1) is 0 Å². The molecule has 0 spiro atoms. The van der Waals surface area contributed by atoms with Crippen molar-refractivity contribution in [3.63, 3.8) is 0 Å². The number of rotatable bonds is 4. The Morgan fingerprint density at radius 3 is 2.62 bits per heavy atom. The van der Waals surface area contributed by atoms with E-state index >= 15 is 0 Å². The minimum absolute atomic E-state index is 0.234. The minimum atomic E-state index is 0.234. The lowest BCUT2D eigenvalue weighted by molar-refractivity contribution is -0.0974. The summed E-state index contributed by atoms with van der Waals surface area (Å²) in [6.07, 6.45) is 1.51. The molecule has 1 saturated carbocycles. The van der Waals surface area contributed by atoms with E-state index in [4.69, 9.17) is 10.5 Å². The smallest absolute Gasteiger partial charge is 0.0652 e. The molecule has 3 N–H and O–H groups in total. The van der Waals surface area contributed by atoms with E-state index in [9.17, 15) is 0 Å². The van der Waals surface area contributed by atoms with Crippen LogP contribution in [0.3, 0.4) is 0 Å². The molecule has 0 amide bonds. The van der Waals surface area contributed by atoms with Crippen LogP contribution in [0.15, 0.2) is 0 Å². The Morgan fingerprint density at radius 2 is 2.23 bits per heavy atom. The van der Waals surface area contributed by atoms with Crippen molar-refractivity contribution < 1.29 is 4.74 Å². The largest absolute Gasteiger partial charge is 0.381 e. The maximum Gasteiger partial charge on any atom is 0.0652 e. The van der Waals surface area contributed by atoms with Gasteiger partial charge in [0.1, 0.15) is 0 Å². The van der Waals surface area contributed by atoms with Gasteiger partial charge in [-0.25, -0.2) is 0 Å². The Balaban J connectivity index is 2.31. The Labute approximate surface area is 81.0 Å². The van der Waals surface area contributed by atoms with Crippen LogP contribution >= 0.6 is 0 Å². The lowest BCUT2D eigenvalue weighted by Crippen LogP contribution is -2.61. The zero-order chi connectivity index (χ0) is 10.1. The highest BCUT2D eigenvalue weighted by Gasteiger charge is 2.48. The van der Waals surface area contributed by atoms with Crippen molar-refractivity contribution in [1.82, 2.24) is 5.32 Å². The fourth-order valence-corrected chi connectivity index (χ4v) is 1.96. The van der Waals surface area contributed by atoms with E-state index < -0.39 is 0 Å². The van der Waals surface area contributed by atoms with Crippen LogP contribution in [0.2, 0.25) is 0 Å². The number of nitrogens with two attached hydrogens (primary N) is 1. The van der Waals surface area contributed by atoms with Gasteiger partial charge in [-0.1, -0.05) is 13.8 Å². The first-order chi connectivity index (χ1) is 5.98. The van der Waals surface area contributed by atoms with Gasteiger partial charge < -0.3 is 15.8 Å². The molecule has 3 unspecified atom stereocenters. The lowest BCUT2D eigenvalue weighted by atomic mass is 9.64. The summed E-state index contributed by atoms with van der Waals surface area (Å²) in [5.41, 5.74) is 5.94. The van der Waals surface area contributed by atoms with Gasteiger partial charge in [0.05, 0.1) is 6.10 Å². The molecule has 3 nitrogen and oxygen atoms in total. The quantitative estimate of drug-likeness (QED) is 0.680. The molecule has 0 aromatic heterocycles. The highest BCUT2D eigenvalue weighted by Crippen LogP contribution is 2.42. The molecule has 0 heterocycles. The summed E-state index contributed by atoms with van der Waals surface area (Å²) < 4.78 is 5.37. The number of nitrogens with one attached hydrogen (secondary N) is 1. The second-order valence-corrected chi connectivity index (χ2v) is 4.72. The molecule has 13 heavy (non-hydrogen) atoms. The molecular weight excluding hydrogens is 164 g/mol. The van der Waals surface area contributed by atoms with E-state index in [1.807, 2.05) is 6.92 Å². The molecule has 0 aromatic rings. The Kier molecular flexibility index (Phi) is 3.33. The molecule has 3 heteroatoms. The Morgan fingerprint density at radius 1 is 1.62 bits per heavy atom. The molecule has 1 rings (SSSR count). The molecular formula is C10H22N2O. The molecule has 78 valence electrons. The monoisotopic (exact) mass is 186 g/mol. The van der Waals surface area contributed by atoms with Gasteiger partial charge in [-0.05, 0) is 13.3 Å². The first kappa shape index (κ1) is 11.0. The molecule has 0 aromatic carbocycles. The molecule has 1 aliphatic carbocycles. The number of methoxy groups -OCH3 is 1. The third-order valence-corrected chi connectivity index (χ3v) is 3.15. The summed E-state index contributed by atoms with van der Waals surface area (Å²) in [5, 5.41) is 3.47. The second kappa shape index (κ2) is 3.95. The van der Waals surface area contributed by atoms with Crippen molar-refractivity contribution in [2.45, 2.75) is 45.4 Å². The maximum atomic E-state index is 5.68. The van der Waals surface area contributed by atoms with Crippen molar-refractivity contribution in [2.24, 2.45) is 11.1 Å². The van der Waals surface area contributed by atoms with Gasteiger partial charge in [-0.2, -0.15) is 0 Å². The van der Waals surface area contributed by atoms with Crippen LogP contribution in [-0.4, -0.2) is 31.8 Å². The first-order valence-corrected chi connectivity index (χ1v) is 5.00. The van der Waals surface area contributed by atoms with E-state index in [-0.39, 0.29) is 11.5 Å². The van der Waals surface area contributed by atoms with Gasteiger partial charge in [0.25, 0.3) is 0 Å². The van der Waals surface area contributed by atoms with E-state index in [1.165, 1.54) is 0 Å². The molecule has 0 aliphatic heterocycles. The second-order valence-electron chi connectivity index (χ2n) is 4.72. The molecule has 0 saturated heterocycles. The van der Waals surface area contributed by atoms with Gasteiger partial charge >= 0.3 is 0 Å². The van der Waals surface area contributed by atoms with Crippen molar-refractivity contribution in [2.75, 3.05) is 13.7 Å². The fraction of sp³-hybridized carbons (Fsp3) is 1.00. The van der Waals surface area contributed by atoms with Crippen LogP contribution in [0.25, 0.3) is 0 Å². The highest BCUT2D eigenvalue weighted by molar-refractivity contribution is 5.02. The van der Waals surface area contributed by atoms with Crippen LogP contribution in [0.5, 0.6) is 0 Å². The third kappa shape index (κ3) is 2.22. The van der Waals surface area contributed by atoms with Crippen molar-refractivity contribution >= 4 is 0 Å². The summed E-state index contributed by atoms with van der Waals surface area (Å²) in [4.78, 5) is 0. The third-order valence-electron chi connectivity index (χ3n) is 3.15. The Bertz CT molecular complexity index is 168. The average molecular weight is 186 g/mol. The maximum absolute atomic E-state index is 5.68. The minimum Gasteiger partial charge on any atom is -0.381 e. The van der Waals surface area contributed by atoms with E-state index in [0.29, 0.717) is 12.1 Å². The van der Waals surface area contributed by atoms with Gasteiger partial charge in [0, 0.05) is 31.2 Å².